The van der Waals surface area contributed by atoms with Gasteiger partial charge in [0.05, 0.1) is 0 Å². The van der Waals surface area contributed by atoms with Gasteiger partial charge < -0.3 is 10.5 Å². The fourth-order valence-electron chi connectivity index (χ4n) is 1.38. The summed E-state index contributed by atoms with van der Waals surface area (Å²) in [5.74, 6) is -0.308. The molecule has 0 radical (unpaired) electrons. The first-order valence-corrected chi connectivity index (χ1v) is 5.70. The van der Waals surface area contributed by atoms with Gasteiger partial charge in [-0.25, -0.2) is 0 Å². The van der Waals surface area contributed by atoms with Crippen LogP contribution in [0.3, 0.4) is 0 Å². The largest absolute Gasteiger partial charge is 0.460 e. The molecule has 0 saturated heterocycles. The van der Waals surface area contributed by atoms with Crippen molar-refractivity contribution in [2.45, 2.75) is 38.8 Å². The van der Waals surface area contributed by atoms with Gasteiger partial charge in [-0.3, -0.25) is 4.79 Å². The molecule has 3 heteroatoms. The van der Waals surface area contributed by atoms with Crippen LogP contribution in [-0.2, 0) is 16.1 Å². The van der Waals surface area contributed by atoms with E-state index >= 15 is 0 Å². The molecule has 1 rings (SSSR count). The number of rotatable bonds is 6. The summed E-state index contributed by atoms with van der Waals surface area (Å²) < 4.78 is 5.12. The van der Waals surface area contributed by atoms with E-state index < -0.39 is 6.04 Å². The van der Waals surface area contributed by atoms with Crippen molar-refractivity contribution >= 4 is 5.97 Å². The van der Waals surface area contributed by atoms with Crippen LogP contribution in [0.4, 0.5) is 0 Å². The van der Waals surface area contributed by atoms with E-state index in [0.29, 0.717) is 13.0 Å². The Morgan fingerprint density at radius 3 is 2.69 bits per heavy atom. The van der Waals surface area contributed by atoms with Gasteiger partial charge in [-0.05, 0) is 12.0 Å². The van der Waals surface area contributed by atoms with Crippen molar-refractivity contribution in [2.75, 3.05) is 0 Å². The van der Waals surface area contributed by atoms with E-state index in [1.165, 1.54) is 0 Å². The minimum Gasteiger partial charge on any atom is -0.460 e. The van der Waals surface area contributed by atoms with Gasteiger partial charge in [-0.1, -0.05) is 50.1 Å². The minimum atomic E-state index is -0.483. The number of nitrogens with two attached hydrogens (primary N) is 1. The number of benzene rings is 1. The molecule has 1 aromatic rings. The lowest BCUT2D eigenvalue weighted by Gasteiger charge is -2.10. The number of esters is 1. The Bertz CT molecular complexity index is 311. The Morgan fingerprint density at radius 2 is 2.06 bits per heavy atom. The van der Waals surface area contributed by atoms with Crippen LogP contribution in [0.25, 0.3) is 0 Å². The molecule has 0 heterocycles. The lowest BCUT2D eigenvalue weighted by molar-refractivity contribution is -0.146. The third kappa shape index (κ3) is 4.45. The Balaban J connectivity index is 2.29. The summed E-state index contributed by atoms with van der Waals surface area (Å²) in [6.45, 7) is 2.38. The molecule has 0 amide bonds. The fraction of sp³-hybridized carbons (Fsp3) is 0.462. The van der Waals surface area contributed by atoms with E-state index in [1.807, 2.05) is 30.3 Å². The smallest absolute Gasteiger partial charge is 0.323 e. The van der Waals surface area contributed by atoms with Crippen LogP contribution < -0.4 is 5.73 Å². The fourth-order valence-corrected chi connectivity index (χ4v) is 1.38. The van der Waals surface area contributed by atoms with Gasteiger partial charge in [0.1, 0.15) is 12.6 Å². The molecule has 0 spiro atoms. The Kier molecular flexibility index (Phi) is 5.57. The average molecular weight is 221 g/mol. The summed E-state index contributed by atoms with van der Waals surface area (Å²) in [5, 5.41) is 0. The van der Waals surface area contributed by atoms with E-state index in [-0.39, 0.29) is 5.97 Å². The Hall–Kier alpha value is -1.35. The zero-order valence-corrected chi connectivity index (χ0v) is 9.69. The molecular weight excluding hydrogens is 202 g/mol. The predicted molar refractivity (Wildman–Crippen MR) is 63.7 cm³/mol. The number of carbonyl (C=O) groups excluding carboxylic acids is 1. The quantitative estimate of drug-likeness (QED) is 0.749. The number of unbranched alkanes of at least 4 members (excludes halogenated alkanes) is 1. The SMILES string of the molecule is CCCC[C@@H](N)C(=O)OCc1ccccc1. The van der Waals surface area contributed by atoms with Crippen molar-refractivity contribution in [2.24, 2.45) is 5.73 Å². The summed E-state index contributed by atoms with van der Waals surface area (Å²) in [6, 6.07) is 9.12. The van der Waals surface area contributed by atoms with Gasteiger partial charge in [0.2, 0.25) is 0 Å². The van der Waals surface area contributed by atoms with Gasteiger partial charge in [-0.15, -0.1) is 0 Å². The summed E-state index contributed by atoms with van der Waals surface area (Å²) in [6.07, 6.45) is 2.70. The monoisotopic (exact) mass is 221 g/mol. The first kappa shape index (κ1) is 12.7. The minimum absolute atomic E-state index is 0.305. The molecule has 0 bridgehead atoms. The topological polar surface area (TPSA) is 52.3 Å². The second-order valence-corrected chi connectivity index (χ2v) is 3.84. The number of carbonyl (C=O) groups is 1. The van der Waals surface area contributed by atoms with Crippen molar-refractivity contribution in [3.05, 3.63) is 35.9 Å². The molecule has 16 heavy (non-hydrogen) atoms. The standard InChI is InChI=1S/C13H19NO2/c1-2-3-9-12(14)13(15)16-10-11-7-5-4-6-8-11/h4-8,12H,2-3,9-10,14H2,1H3/t12-/m1/s1. The molecule has 3 nitrogen and oxygen atoms in total. The molecule has 0 fully saturated rings. The molecule has 0 unspecified atom stereocenters. The first-order chi connectivity index (χ1) is 7.74. The first-order valence-electron chi connectivity index (χ1n) is 5.70. The van der Waals surface area contributed by atoms with Crippen LogP contribution in [0.5, 0.6) is 0 Å². The summed E-state index contributed by atoms with van der Waals surface area (Å²) in [7, 11) is 0. The normalized spacial score (nSPS) is 12.1. The maximum atomic E-state index is 11.5. The van der Waals surface area contributed by atoms with E-state index in [1.54, 1.807) is 0 Å². The lowest BCUT2D eigenvalue weighted by atomic mass is 10.1. The molecule has 0 aromatic heterocycles. The van der Waals surface area contributed by atoms with E-state index in [4.69, 9.17) is 10.5 Å². The van der Waals surface area contributed by atoms with Crippen molar-refractivity contribution < 1.29 is 9.53 Å². The third-order valence-corrected chi connectivity index (χ3v) is 2.40. The highest BCUT2D eigenvalue weighted by atomic mass is 16.5. The zero-order valence-electron chi connectivity index (χ0n) is 9.69. The second kappa shape index (κ2) is 7.01. The maximum absolute atomic E-state index is 11.5. The van der Waals surface area contributed by atoms with Crippen LogP contribution in [-0.4, -0.2) is 12.0 Å². The highest BCUT2D eigenvalue weighted by Crippen LogP contribution is 2.04. The van der Waals surface area contributed by atoms with Crippen molar-refractivity contribution in [3.63, 3.8) is 0 Å². The molecule has 88 valence electrons. The van der Waals surface area contributed by atoms with E-state index in [0.717, 1.165) is 18.4 Å². The number of hydrogen-bond donors (Lipinski definition) is 1. The van der Waals surface area contributed by atoms with Gasteiger partial charge in [0.25, 0.3) is 0 Å². The van der Waals surface area contributed by atoms with Crippen LogP contribution >= 0.6 is 0 Å². The highest BCUT2D eigenvalue weighted by molar-refractivity contribution is 5.75. The van der Waals surface area contributed by atoms with Crippen LogP contribution in [0.15, 0.2) is 30.3 Å². The molecule has 0 aliphatic carbocycles. The van der Waals surface area contributed by atoms with Gasteiger partial charge in [0.15, 0.2) is 0 Å². The third-order valence-electron chi connectivity index (χ3n) is 2.40. The lowest BCUT2D eigenvalue weighted by Crippen LogP contribution is -2.32. The number of ether oxygens (including phenoxy) is 1. The molecule has 2 N–H and O–H groups in total. The van der Waals surface area contributed by atoms with Crippen molar-refractivity contribution in [1.82, 2.24) is 0 Å². The predicted octanol–water partition coefficient (Wildman–Crippen LogP) is 2.25. The molecule has 0 aliphatic heterocycles. The maximum Gasteiger partial charge on any atom is 0.323 e. The van der Waals surface area contributed by atoms with Crippen LogP contribution in [0.1, 0.15) is 31.7 Å². The Morgan fingerprint density at radius 1 is 1.38 bits per heavy atom. The molecular formula is C13H19NO2. The summed E-state index contributed by atoms with van der Waals surface area (Å²) in [5.41, 5.74) is 6.68. The molecule has 1 atom stereocenters. The highest BCUT2D eigenvalue weighted by Gasteiger charge is 2.13. The van der Waals surface area contributed by atoms with Gasteiger partial charge >= 0.3 is 5.97 Å². The average Bonchev–Trinajstić information content (AvgIpc) is 2.34. The van der Waals surface area contributed by atoms with Crippen LogP contribution in [0, 0.1) is 0 Å². The van der Waals surface area contributed by atoms with Crippen molar-refractivity contribution in [3.8, 4) is 0 Å². The van der Waals surface area contributed by atoms with Gasteiger partial charge in [0, 0.05) is 0 Å². The molecule has 1 aromatic carbocycles. The summed E-state index contributed by atoms with van der Waals surface area (Å²) in [4.78, 5) is 11.5. The Labute approximate surface area is 96.6 Å². The summed E-state index contributed by atoms with van der Waals surface area (Å²) >= 11 is 0. The molecule has 0 aliphatic rings. The van der Waals surface area contributed by atoms with E-state index in [2.05, 4.69) is 6.92 Å². The molecule has 0 saturated carbocycles. The van der Waals surface area contributed by atoms with Gasteiger partial charge in [-0.2, -0.15) is 0 Å². The van der Waals surface area contributed by atoms with Crippen LogP contribution in [0.2, 0.25) is 0 Å². The zero-order chi connectivity index (χ0) is 11.8. The number of hydrogen-bond acceptors (Lipinski definition) is 3. The second-order valence-electron chi connectivity index (χ2n) is 3.84. The van der Waals surface area contributed by atoms with E-state index in [9.17, 15) is 4.79 Å². The van der Waals surface area contributed by atoms with Crippen molar-refractivity contribution in [1.29, 1.82) is 0 Å².